The molecule has 0 aromatic rings. The van der Waals surface area contributed by atoms with Gasteiger partial charge < -0.3 is 0 Å². The van der Waals surface area contributed by atoms with Crippen molar-refractivity contribution in [2.45, 2.75) is 26.2 Å². The lowest BCUT2D eigenvalue weighted by Crippen LogP contribution is -2.04. The molecule has 2 heteroatoms. The topological polar surface area (TPSA) is 0 Å². The highest BCUT2D eigenvalue weighted by molar-refractivity contribution is 8.11. The molecule has 0 unspecified atom stereocenters. The first kappa shape index (κ1) is 6.56. The van der Waals surface area contributed by atoms with Crippen LogP contribution in [0.1, 0.15) is 26.2 Å². The first-order valence-electron chi connectivity index (χ1n) is 2.95. The van der Waals surface area contributed by atoms with Gasteiger partial charge in [-0.3, -0.25) is 0 Å². The summed E-state index contributed by atoms with van der Waals surface area (Å²) < 4.78 is 0.917. The van der Waals surface area contributed by atoms with Gasteiger partial charge in [-0.1, -0.05) is 19.1 Å². The standard InChI is InChI=1S/C6H10S2/c1-2-6(3-4-6)5(7)8/h2-4H2,1H3,(H,7,8). The Morgan fingerprint density at radius 1 is 1.75 bits per heavy atom. The molecule has 0 saturated heterocycles. The van der Waals surface area contributed by atoms with Crippen LogP contribution in [0.15, 0.2) is 0 Å². The fourth-order valence-electron chi connectivity index (χ4n) is 0.870. The summed E-state index contributed by atoms with van der Waals surface area (Å²) in [6, 6.07) is 0. The molecule has 8 heavy (non-hydrogen) atoms. The van der Waals surface area contributed by atoms with E-state index >= 15 is 0 Å². The average molecular weight is 146 g/mol. The largest absolute Gasteiger partial charge is 0.136 e. The van der Waals surface area contributed by atoms with Crippen LogP contribution in [0.2, 0.25) is 0 Å². The molecule has 0 aromatic heterocycles. The van der Waals surface area contributed by atoms with Crippen molar-refractivity contribution in [3.63, 3.8) is 0 Å². The second-order valence-electron chi connectivity index (χ2n) is 2.44. The summed E-state index contributed by atoms with van der Waals surface area (Å²) in [7, 11) is 0. The summed E-state index contributed by atoms with van der Waals surface area (Å²) in [6.07, 6.45) is 3.72. The molecule has 1 aliphatic rings. The van der Waals surface area contributed by atoms with E-state index in [1.54, 1.807) is 0 Å². The Bertz CT molecular complexity index is 114. The predicted molar refractivity (Wildman–Crippen MR) is 43.5 cm³/mol. The van der Waals surface area contributed by atoms with E-state index in [1.165, 1.54) is 19.3 Å². The number of thiocarbonyl (C=S) groups is 1. The Labute approximate surface area is 61.1 Å². The van der Waals surface area contributed by atoms with E-state index in [0.717, 1.165) is 4.20 Å². The van der Waals surface area contributed by atoms with Gasteiger partial charge in [0, 0.05) is 5.41 Å². The Kier molecular flexibility index (Phi) is 1.63. The van der Waals surface area contributed by atoms with E-state index < -0.39 is 0 Å². The molecular weight excluding hydrogens is 136 g/mol. The van der Waals surface area contributed by atoms with Gasteiger partial charge in [0.2, 0.25) is 0 Å². The Balaban J connectivity index is 2.53. The van der Waals surface area contributed by atoms with Gasteiger partial charge in [0.15, 0.2) is 0 Å². The van der Waals surface area contributed by atoms with Gasteiger partial charge in [-0.05, 0) is 19.3 Å². The lowest BCUT2D eigenvalue weighted by Gasteiger charge is -2.06. The second kappa shape index (κ2) is 1.99. The van der Waals surface area contributed by atoms with Crippen LogP contribution in [0.5, 0.6) is 0 Å². The highest BCUT2D eigenvalue weighted by atomic mass is 32.1. The SMILES string of the molecule is CCC1(C(=S)S)CC1. The van der Waals surface area contributed by atoms with Crippen LogP contribution in [0, 0.1) is 5.41 Å². The molecule has 0 atom stereocenters. The van der Waals surface area contributed by atoms with Crippen molar-refractivity contribution in [2.24, 2.45) is 5.41 Å². The normalized spacial score (nSPS) is 22.8. The monoisotopic (exact) mass is 146 g/mol. The summed E-state index contributed by atoms with van der Waals surface area (Å²) in [5.41, 5.74) is 0.387. The van der Waals surface area contributed by atoms with Gasteiger partial charge >= 0.3 is 0 Å². The fourth-order valence-corrected chi connectivity index (χ4v) is 1.60. The van der Waals surface area contributed by atoms with Gasteiger partial charge in [-0.2, -0.15) is 0 Å². The first-order valence-corrected chi connectivity index (χ1v) is 3.80. The van der Waals surface area contributed by atoms with Crippen LogP contribution in [-0.2, 0) is 0 Å². The molecule has 0 spiro atoms. The third-order valence-corrected chi connectivity index (χ3v) is 2.89. The molecular formula is C6H10S2. The van der Waals surface area contributed by atoms with E-state index in [2.05, 4.69) is 19.6 Å². The van der Waals surface area contributed by atoms with Crippen molar-refractivity contribution < 1.29 is 0 Å². The van der Waals surface area contributed by atoms with Gasteiger partial charge in [0.25, 0.3) is 0 Å². The molecule has 0 aliphatic heterocycles. The zero-order valence-corrected chi connectivity index (χ0v) is 6.69. The zero-order chi connectivity index (χ0) is 6.20. The Morgan fingerprint density at radius 2 is 2.25 bits per heavy atom. The van der Waals surface area contributed by atoms with E-state index in [9.17, 15) is 0 Å². The molecule has 0 heterocycles. The van der Waals surface area contributed by atoms with Crippen LogP contribution in [-0.4, -0.2) is 4.20 Å². The molecule has 0 nitrogen and oxygen atoms in total. The van der Waals surface area contributed by atoms with Crippen molar-refractivity contribution in [3.05, 3.63) is 0 Å². The quantitative estimate of drug-likeness (QED) is 0.461. The maximum absolute atomic E-state index is 4.96. The van der Waals surface area contributed by atoms with Crippen molar-refractivity contribution in [3.8, 4) is 0 Å². The lowest BCUT2D eigenvalue weighted by molar-refractivity contribution is 0.689. The minimum Gasteiger partial charge on any atom is -0.136 e. The summed E-state index contributed by atoms with van der Waals surface area (Å²) in [5, 5.41) is 0. The first-order chi connectivity index (χ1) is 3.71. The molecule has 0 amide bonds. The molecule has 0 N–H and O–H groups in total. The smallest absolute Gasteiger partial charge is 0.0509 e. The summed E-state index contributed by atoms with van der Waals surface area (Å²) in [4.78, 5) is 0. The molecule has 1 saturated carbocycles. The summed E-state index contributed by atoms with van der Waals surface area (Å²) in [5.74, 6) is 0. The van der Waals surface area contributed by atoms with Gasteiger partial charge in [-0.15, -0.1) is 12.6 Å². The average Bonchev–Trinajstić information content (AvgIpc) is 2.44. The lowest BCUT2D eigenvalue weighted by atomic mass is 10.1. The number of hydrogen-bond acceptors (Lipinski definition) is 1. The molecule has 1 fully saturated rings. The molecule has 1 rings (SSSR count). The summed E-state index contributed by atoms with van der Waals surface area (Å²) >= 11 is 9.11. The molecule has 0 bridgehead atoms. The van der Waals surface area contributed by atoms with Crippen molar-refractivity contribution >= 4 is 29.0 Å². The van der Waals surface area contributed by atoms with Crippen molar-refractivity contribution in [1.29, 1.82) is 0 Å². The van der Waals surface area contributed by atoms with Crippen LogP contribution >= 0.6 is 24.8 Å². The fraction of sp³-hybridized carbons (Fsp3) is 0.833. The summed E-state index contributed by atoms with van der Waals surface area (Å²) in [6.45, 7) is 2.18. The van der Waals surface area contributed by atoms with E-state index in [0.29, 0.717) is 5.41 Å². The Hall–Kier alpha value is 0.440. The van der Waals surface area contributed by atoms with Gasteiger partial charge in [0.1, 0.15) is 0 Å². The minimum atomic E-state index is 0.387. The molecule has 46 valence electrons. The number of thiol groups is 1. The highest BCUT2D eigenvalue weighted by Gasteiger charge is 2.43. The van der Waals surface area contributed by atoms with Gasteiger partial charge in [-0.25, -0.2) is 0 Å². The zero-order valence-electron chi connectivity index (χ0n) is 4.98. The second-order valence-corrected chi connectivity index (χ2v) is 3.60. The maximum Gasteiger partial charge on any atom is 0.0509 e. The third-order valence-electron chi connectivity index (χ3n) is 1.98. The van der Waals surface area contributed by atoms with Crippen LogP contribution in [0.25, 0.3) is 0 Å². The third kappa shape index (κ3) is 0.914. The van der Waals surface area contributed by atoms with Crippen molar-refractivity contribution in [2.75, 3.05) is 0 Å². The molecule has 0 aromatic carbocycles. The highest BCUT2D eigenvalue weighted by Crippen LogP contribution is 2.50. The van der Waals surface area contributed by atoms with E-state index in [1.807, 2.05) is 0 Å². The number of hydrogen-bond donors (Lipinski definition) is 1. The van der Waals surface area contributed by atoms with Gasteiger partial charge in [0.05, 0.1) is 4.20 Å². The van der Waals surface area contributed by atoms with Crippen LogP contribution in [0.4, 0.5) is 0 Å². The minimum absolute atomic E-state index is 0.387. The molecule has 0 radical (unpaired) electrons. The van der Waals surface area contributed by atoms with Crippen LogP contribution in [0.3, 0.4) is 0 Å². The van der Waals surface area contributed by atoms with Crippen LogP contribution < -0.4 is 0 Å². The maximum atomic E-state index is 4.96. The van der Waals surface area contributed by atoms with Crippen molar-refractivity contribution in [1.82, 2.24) is 0 Å². The predicted octanol–water partition coefficient (Wildman–Crippen LogP) is 2.43. The Morgan fingerprint density at radius 3 is 2.25 bits per heavy atom. The van der Waals surface area contributed by atoms with E-state index in [-0.39, 0.29) is 0 Å². The molecule has 1 aliphatic carbocycles. The van der Waals surface area contributed by atoms with E-state index in [4.69, 9.17) is 12.2 Å². The number of rotatable bonds is 2.